The monoisotopic (exact) mass is 338 g/mol. The fraction of sp³-hybridized carbons (Fsp3) is 0.286. The first-order valence-electron chi connectivity index (χ1n) is 6.08. The molecule has 6 heteroatoms. The van der Waals surface area contributed by atoms with Gasteiger partial charge in [-0.3, -0.25) is 9.69 Å². The van der Waals surface area contributed by atoms with E-state index in [0.717, 1.165) is 4.47 Å². The molecule has 0 aliphatic rings. The summed E-state index contributed by atoms with van der Waals surface area (Å²) in [6, 6.07) is 8.36. The first kappa shape index (κ1) is 14.7. The summed E-state index contributed by atoms with van der Waals surface area (Å²) in [5.74, 6) is -0.194. The molecule has 1 N–H and O–H groups in total. The van der Waals surface area contributed by atoms with Crippen molar-refractivity contribution in [3.63, 3.8) is 0 Å². The van der Waals surface area contributed by atoms with Crippen LogP contribution in [-0.2, 0) is 11.3 Å². The number of aromatic nitrogens is 1. The molecule has 0 aliphatic heterocycles. The van der Waals surface area contributed by atoms with Gasteiger partial charge >= 0.3 is 5.97 Å². The molecule has 0 spiro atoms. The number of rotatable bonds is 5. The number of carbonyl (C=O) groups is 1. The molecule has 2 aromatic rings. The lowest BCUT2D eigenvalue weighted by Crippen LogP contribution is -2.30. The molecule has 1 aromatic carbocycles. The average Bonchev–Trinajstić information content (AvgIpc) is 2.77. The molecular weight excluding hydrogens is 324 g/mol. The SMILES string of the molecule is Cc1cc(CN(C)C(C(=O)O)c2ccccc2Br)no1. The third-order valence-corrected chi connectivity index (χ3v) is 3.68. The van der Waals surface area contributed by atoms with Crippen molar-refractivity contribution >= 4 is 21.9 Å². The summed E-state index contributed by atoms with van der Waals surface area (Å²) in [6.07, 6.45) is 0. The van der Waals surface area contributed by atoms with Crippen LogP contribution >= 0.6 is 15.9 Å². The normalized spacial score (nSPS) is 12.6. The van der Waals surface area contributed by atoms with E-state index >= 15 is 0 Å². The van der Waals surface area contributed by atoms with Gasteiger partial charge in [-0.25, -0.2) is 0 Å². The third kappa shape index (κ3) is 3.26. The Labute approximate surface area is 125 Å². The van der Waals surface area contributed by atoms with E-state index in [1.54, 1.807) is 31.0 Å². The highest BCUT2D eigenvalue weighted by Gasteiger charge is 2.27. The topological polar surface area (TPSA) is 66.6 Å². The van der Waals surface area contributed by atoms with Crippen LogP contribution in [0, 0.1) is 6.92 Å². The molecule has 20 heavy (non-hydrogen) atoms. The predicted octanol–water partition coefficient (Wildman–Crippen LogP) is 3.00. The van der Waals surface area contributed by atoms with Gasteiger partial charge in [0.05, 0.1) is 5.69 Å². The molecule has 2 rings (SSSR count). The smallest absolute Gasteiger partial charge is 0.325 e. The molecule has 106 valence electrons. The van der Waals surface area contributed by atoms with E-state index in [-0.39, 0.29) is 0 Å². The Morgan fingerprint density at radius 3 is 2.75 bits per heavy atom. The van der Waals surface area contributed by atoms with Crippen LogP contribution in [0.1, 0.15) is 23.1 Å². The van der Waals surface area contributed by atoms with Gasteiger partial charge in [-0.1, -0.05) is 39.3 Å². The van der Waals surface area contributed by atoms with E-state index < -0.39 is 12.0 Å². The van der Waals surface area contributed by atoms with Crippen molar-refractivity contribution in [2.24, 2.45) is 0 Å². The summed E-state index contributed by atoms with van der Waals surface area (Å²) in [6.45, 7) is 2.20. The van der Waals surface area contributed by atoms with Crippen molar-refractivity contribution in [1.29, 1.82) is 0 Å². The lowest BCUT2D eigenvalue weighted by molar-refractivity contribution is -0.143. The first-order valence-corrected chi connectivity index (χ1v) is 6.88. The Balaban J connectivity index is 2.25. The summed E-state index contributed by atoms with van der Waals surface area (Å²) >= 11 is 3.40. The second-order valence-corrected chi connectivity index (χ2v) is 5.46. The van der Waals surface area contributed by atoms with Gasteiger partial charge in [-0.15, -0.1) is 0 Å². The van der Waals surface area contributed by atoms with E-state index in [2.05, 4.69) is 21.1 Å². The zero-order chi connectivity index (χ0) is 14.7. The molecule has 0 saturated heterocycles. The van der Waals surface area contributed by atoms with Crippen LogP contribution in [0.2, 0.25) is 0 Å². The number of benzene rings is 1. The number of hydrogen-bond acceptors (Lipinski definition) is 4. The molecule has 0 radical (unpaired) electrons. The Morgan fingerprint density at radius 1 is 1.50 bits per heavy atom. The highest BCUT2D eigenvalue weighted by Crippen LogP contribution is 2.28. The molecule has 0 aliphatic carbocycles. The van der Waals surface area contributed by atoms with Gasteiger partial charge in [0, 0.05) is 17.1 Å². The number of aliphatic carboxylic acids is 1. The Kier molecular flexibility index (Phi) is 4.57. The third-order valence-electron chi connectivity index (χ3n) is 2.96. The molecule has 1 heterocycles. The van der Waals surface area contributed by atoms with Gasteiger partial charge in [-0.05, 0) is 25.6 Å². The van der Waals surface area contributed by atoms with Crippen LogP contribution < -0.4 is 0 Å². The van der Waals surface area contributed by atoms with Crippen molar-refractivity contribution in [3.8, 4) is 0 Å². The van der Waals surface area contributed by atoms with Crippen molar-refractivity contribution in [3.05, 3.63) is 51.8 Å². The largest absolute Gasteiger partial charge is 0.480 e. The van der Waals surface area contributed by atoms with Gasteiger partial charge in [0.2, 0.25) is 0 Å². The number of nitrogens with zero attached hydrogens (tertiary/aromatic N) is 2. The van der Waals surface area contributed by atoms with Crippen LogP contribution in [0.4, 0.5) is 0 Å². The van der Waals surface area contributed by atoms with Crippen LogP contribution in [-0.4, -0.2) is 28.2 Å². The number of halogens is 1. The van der Waals surface area contributed by atoms with Crippen molar-refractivity contribution in [2.45, 2.75) is 19.5 Å². The lowest BCUT2D eigenvalue weighted by Gasteiger charge is -2.24. The molecular formula is C14H15BrN2O3. The Morgan fingerprint density at radius 2 is 2.20 bits per heavy atom. The molecule has 0 bridgehead atoms. The summed E-state index contributed by atoms with van der Waals surface area (Å²) in [4.78, 5) is 13.3. The van der Waals surface area contributed by atoms with Crippen molar-refractivity contribution in [1.82, 2.24) is 10.1 Å². The van der Waals surface area contributed by atoms with Crippen LogP contribution in [0.25, 0.3) is 0 Å². The molecule has 5 nitrogen and oxygen atoms in total. The van der Waals surface area contributed by atoms with Crippen molar-refractivity contribution < 1.29 is 14.4 Å². The molecule has 0 saturated carbocycles. The average molecular weight is 339 g/mol. The van der Waals surface area contributed by atoms with Gasteiger partial charge in [0.25, 0.3) is 0 Å². The molecule has 0 amide bonds. The Bertz CT molecular complexity index is 612. The maximum absolute atomic E-state index is 11.6. The summed E-state index contributed by atoms with van der Waals surface area (Å²) < 4.78 is 5.78. The number of hydrogen-bond donors (Lipinski definition) is 1. The molecule has 1 aromatic heterocycles. The summed E-state index contributed by atoms with van der Waals surface area (Å²) in [5, 5.41) is 13.4. The Hall–Kier alpha value is -1.66. The zero-order valence-electron chi connectivity index (χ0n) is 11.2. The predicted molar refractivity (Wildman–Crippen MR) is 77.2 cm³/mol. The van der Waals surface area contributed by atoms with Crippen molar-refractivity contribution in [2.75, 3.05) is 7.05 Å². The van der Waals surface area contributed by atoms with Crippen LogP contribution in [0.3, 0.4) is 0 Å². The highest BCUT2D eigenvalue weighted by atomic mass is 79.9. The van der Waals surface area contributed by atoms with Gasteiger partial charge in [0.1, 0.15) is 11.8 Å². The minimum Gasteiger partial charge on any atom is -0.480 e. The fourth-order valence-electron chi connectivity index (χ4n) is 2.10. The summed E-state index contributed by atoms with van der Waals surface area (Å²) in [7, 11) is 1.75. The fourth-order valence-corrected chi connectivity index (χ4v) is 2.60. The van der Waals surface area contributed by atoms with Gasteiger partial charge in [-0.2, -0.15) is 0 Å². The van der Waals surface area contributed by atoms with E-state index in [0.29, 0.717) is 23.6 Å². The zero-order valence-corrected chi connectivity index (χ0v) is 12.8. The maximum atomic E-state index is 11.6. The second-order valence-electron chi connectivity index (χ2n) is 4.61. The first-order chi connectivity index (χ1) is 9.49. The molecule has 1 unspecified atom stereocenters. The molecule has 0 fully saturated rings. The van der Waals surface area contributed by atoms with Crippen LogP contribution in [0.15, 0.2) is 39.3 Å². The number of carboxylic acid groups (broad SMARTS) is 1. The molecule has 1 atom stereocenters. The van der Waals surface area contributed by atoms with Gasteiger partial charge < -0.3 is 9.63 Å². The van der Waals surface area contributed by atoms with E-state index in [1.165, 1.54) is 0 Å². The summed E-state index contributed by atoms with van der Waals surface area (Å²) in [5.41, 5.74) is 1.42. The van der Waals surface area contributed by atoms with E-state index in [9.17, 15) is 9.90 Å². The minimum absolute atomic E-state index is 0.398. The maximum Gasteiger partial charge on any atom is 0.325 e. The van der Waals surface area contributed by atoms with E-state index in [1.807, 2.05) is 18.2 Å². The number of aryl methyl sites for hydroxylation is 1. The number of likely N-dealkylation sites (N-methyl/N-ethyl adjacent to an activating group) is 1. The highest BCUT2D eigenvalue weighted by molar-refractivity contribution is 9.10. The minimum atomic E-state index is -0.903. The lowest BCUT2D eigenvalue weighted by atomic mass is 10.1. The van der Waals surface area contributed by atoms with Gasteiger partial charge in [0.15, 0.2) is 0 Å². The number of carboxylic acids is 1. The van der Waals surface area contributed by atoms with Crippen LogP contribution in [0.5, 0.6) is 0 Å². The quantitative estimate of drug-likeness (QED) is 0.907. The standard InChI is InChI=1S/C14H15BrN2O3/c1-9-7-10(16-20-9)8-17(2)13(14(18)19)11-5-3-4-6-12(11)15/h3-7,13H,8H2,1-2H3,(H,18,19). The van der Waals surface area contributed by atoms with E-state index in [4.69, 9.17) is 4.52 Å². The second kappa shape index (κ2) is 6.19.